The summed E-state index contributed by atoms with van der Waals surface area (Å²) in [5.74, 6) is -0.746. The van der Waals surface area contributed by atoms with E-state index in [1.54, 1.807) is 0 Å². The van der Waals surface area contributed by atoms with E-state index in [9.17, 15) is 9.59 Å². The van der Waals surface area contributed by atoms with Crippen LogP contribution < -0.4 is 0 Å². The summed E-state index contributed by atoms with van der Waals surface area (Å²) in [4.78, 5) is 21.4. The molecule has 0 radical (unpaired) electrons. The normalized spacial score (nSPS) is 11.8. The number of hydrogen-bond donors (Lipinski definition) is 0. The van der Waals surface area contributed by atoms with Gasteiger partial charge in [0.2, 0.25) is 5.78 Å². The van der Waals surface area contributed by atoms with Crippen molar-refractivity contribution in [1.82, 2.24) is 0 Å². The van der Waals surface area contributed by atoms with Crippen LogP contribution in [0.4, 0.5) is 0 Å². The number of rotatable bonds is 7. The minimum atomic E-state index is -0.725. The molecular formula is C13H22O3. The van der Waals surface area contributed by atoms with Crippen LogP contribution >= 0.6 is 0 Å². The summed E-state index contributed by atoms with van der Waals surface area (Å²) in [5.41, 5.74) is 1.33. The highest BCUT2D eigenvalue weighted by Gasteiger charge is 2.09. The zero-order valence-electron chi connectivity index (χ0n) is 10.7. The monoisotopic (exact) mass is 226 g/mol. The largest absolute Gasteiger partial charge is 0.460 e. The van der Waals surface area contributed by atoms with E-state index in [0.717, 1.165) is 19.3 Å². The van der Waals surface area contributed by atoms with Gasteiger partial charge in [-0.25, -0.2) is 4.79 Å². The summed E-state index contributed by atoms with van der Waals surface area (Å²) < 4.78 is 4.80. The van der Waals surface area contributed by atoms with Crippen molar-refractivity contribution in [2.45, 2.75) is 47.0 Å². The molecule has 0 heterocycles. The van der Waals surface area contributed by atoms with E-state index in [2.05, 4.69) is 26.8 Å². The van der Waals surface area contributed by atoms with E-state index >= 15 is 0 Å². The van der Waals surface area contributed by atoms with Gasteiger partial charge in [-0.1, -0.05) is 18.6 Å². The Morgan fingerprint density at radius 3 is 2.31 bits per heavy atom. The first kappa shape index (κ1) is 14.9. The Hall–Kier alpha value is -1.12. The van der Waals surface area contributed by atoms with Gasteiger partial charge in [-0.15, -0.1) is 0 Å². The summed E-state index contributed by atoms with van der Waals surface area (Å²) >= 11 is 0. The fourth-order valence-corrected chi connectivity index (χ4v) is 1.26. The van der Waals surface area contributed by atoms with Gasteiger partial charge < -0.3 is 4.74 Å². The summed E-state index contributed by atoms with van der Waals surface area (Å²) in [6.07, 6.45) is 5.17. The average Bonchev–Trinajstić information content (AvgIpc) is 2.16. The zero-order valence-corrected chi connectivity index (χ0v) is 10.7. The van der Waals surface area contributed by atoms with Crippen LogP contribution in [0.1, 0.15) is 47.0 Å². The molecule has 0 N–H and O–H groups in total. The van der Waals surface area contributed by atoms with Crippen molar-refractivity contribution in [3.8, 4) is 0 Å². The SMILES string of the molecule is CC(=O)C(=O)OCC[C@H](C)CCC=C(C)C. The molecule has 0 aliphatic rings. The second-order valence-corrected chi connectivity index (χ2v) is 4.44. The Labute approximate surface area is 97.9 Å². The van der Waals surface area contributed by atoms with E-state index < -0.39 is 11.8 Å². The molecule has 0 aromatic carbocycles. The van der Waals surface area contributed by atoms with Gasteiger partial charge in [0.1, 0.15) is 0 Å². The third-order valence-electron chi connectivity index (χ3n) is 2.34. The first-order valence-electron chi connectivity index (χ1n) is 5.74. The van der Waals surface area contributed by atoms with E-state index in [0.29, 0.717) is 12.5 Å². The van der Waals surface area contributed by atoms with Crippen molar-refractivity contribution in [3.63, 3.8) is 0 Å². The van der Waals surface area contributed by atoms with Gasteiger partial charge in [0, 0.05) is 6.92 Å². The lowest BCUT2D eigenvalue weighted by Gasteiger charge is -2.09. The molecule has 1 atom stereocenters. The fourth-order valence-electron chi connectivity index (χ4n) is 1.26. The van der Waals surface area contributed by atoms with Gasteiger partial charge in [-0.2, -0.15) is 0 Å². The number of carbonyl (C=O) groups excluding carboxylic acids is 2. The van der Waals surface area contributed by atoms with Gasteiger partial charge in [0.25, 0.3) is 0 Å². The Kier molecular flexibility index (Phi) is 7.52. The molecule has 92 valence electrons. The van der Waals surface area contributed by atoms with Crippen molar-refractivity contribution >= 4 is 11.8 Å². The van der Waals surface area contributed by atoms with Crippen LogP contribution in [0.15, 0.2) is 11.6 Å². The second kappa shape index (κ2) is 8.08. The smallest absolute Gasteiger partial charge is 0.374 e. The molecule has 0 saturated heterocycles. The van der Waals surface area contributed by atoms with Crippen LogP contribution in [0, 0.1) is 5.92 Å². The number of ether oxygens (including phenoxy) is 1. The van der Waals surface area contributed by atoms with Crippen molar-refractivity contribution < 1.29 is 14.3 Å². The lowest BCUT2D eigenvalue weighted by Crippen LogP contribution is -2.15. The van der Waals surface area contributed by atoms with Gasteiger partial charge >= 0.3 is 5.97 Å². The first-order chi connectivity index (χ1) is 7.43. The minimum absolute atomic E-state index is 0.342. The van der Waals surface area contributed by atoms with Gasteiger partial charge in [0.15, 0.2) is 0 Å². The van der Waals surface area contributed by atoms with Gasteiger partial charge in [0.05, 0.1) is 6.61 Å². The number of esters is 1. The molecule has 0 aliphatic heterocycles. The number of Topliss-reactive ketones (excluding diaryl/α,β-unsaturated/α-hetero) is 1. The predicted molar refractivity (Wildman–Crippen MR) is 64.1 cm³/mol. The van der Waals surface area contributed by atoms with Crippen LogP contribution in [0.3, 0.4) is 0 Å². The van der Waals surface area contributed by atoms with Crippen molar-refractivity contribution in [3.05, 3.63) is 11.6 Å². The molecule has 0 saturated carbocycles. The third-order valence-corrected chi connectivity index (χ3v) is 2.34. The number of allylic oxidation sites excluding steroid dienone is 2. The quantitative estimate of drug-likeness (QED) is 0.381. The highest BCUT2D eigenvalue weighted by atomic mass is 16.5. The lowest BCUT2D eigenvalue weighted by atomic mass is 10.0. The maximum atomic E-state index is 10.8. The molecule has 3 nitrogen and oxygen atoms in total. The van der Waals surface area contributed by atoms with Crippen molar-refractivity contribution in [2.75, 3.05) is 6.61 Å². The summed E-state index contributed by atoms with van der Waals surface area (Å²) in [6.45, 7) is 7.86. The molecule has 0 aliphatic carbocycles. The number of ketones is 1. The van der Waals surface area contributed by atoms with Gasteiger partial charge in [-0.3, -0.25) is 4.79 Å². The third kappa shape index (κ3) is 8.21. The lowest BCUT2D eigenvalue weighted by molar-refractivity contribution is -0.153. The Morgan fingerprint density at radius 2 is 1.81 bits per heavy atom. The fraction of sp³-hybridized carbons (Fsp3) is 0.692. The summed E-state index contributed by atoms with van der Waals surface area (Å²) in [7, 11) is 0. The predicted octanol–water partition coefficient (Wildman–Crippen LogP) is 2.89. The molecule has 0 aromatic rings. The Bertz CT molecular complexity index is 262. The standard InChI is InChI=1S/C13H22O3/c1-10(2)6-5-7-11(3)8-9-16-13(15)12(4)14/h6,11H,5,7-9H2,1-4H3/t11-/m1/s1. The van der Waals surface area contributed by atoms with E-state index in [4.69, 9.17) is 4.74 Å². The second-order valence-electron chi connectivity index (χ2n) is 4.44. The molecule has 0 rings (SSSR count). The molecule has 0 unspecified atom stereocenters. The van der Waals surface area contributed by atoms with Crippen molar-refractivity contribution in [1.29, 1.82) is 0 Å². The van der Waals surface area contributed by atoms with Crippen LogP contribution in [0.2, 0.25) is 0 Å². The molecule has 3 heteroatoms. The molecule has 0 amide bonds. The van der Waals surface area contributed by atoms with Crippen LogP contribution in [-0.4, -0.2) is 18.4 Å². The number of hydrogen-bond acceptors (Lipinski definition) is 3. The molecule has 0 fully saturated rings. The maximum absolute atomic E-state index is 10.8. The van der Waals surface area contributed by atoms with Crippen molar-refractivity contribution in [2.24, 2.45) is 5.92 Å². The molecule has 0 aromatic heterocycles. The molecule has 0 bridgehead atoms. The number of carbonyl (C=O) groups is 2. The highest BCUT2D eigenvalue weighted by Crippen LogP contribution is 2.11. The zero-order chi connectivity index (χ0) is 12.6. The topological polar surface area (TPSA) is 43.4 Å². The minimum Gasteiger partial charge on any atom is -0.460 e. The van der Waals surface area contributed by atoms with E-state index in [-0.39, 0.29) is 0 Å². The molecular weight excluding hydrogens is 204 g/mol. The van der Waals surface area contributed by atoms with E-state index in [1.165, 1.54) is 12.5 Å². The Morgan fingerprint density at radius 1 is 1.19 bits per heavy atom. The highest BCUT2D eigenvalue weighted by molar-refractivity contribution is 6.32. The molecule has 16 heavy (non-hydrogen) atoms. The average molecular weight is 226 g/mol. The van der Waals surface area contributed by atoms with Crippen LogP contribution in [0.25, 0.3) is 0 Å². The first-order valence-corrected chi connectivity index (χ1v) is 5.74. The summed E-state index contributed by atoms with van der Waals surface area (Å²) in [5, 5.41) is 0. The summed E-state index contributed by atoms with van der Waals surface area (Å²) in [6, 6.07) is 0. The maximum Gasteiger partial charge on any atom is 0.374 e. The van der Waals surface area contributed by atoms with E-state index in [1.807, 2.05) is 0 Å². The Balaban J connectivity index is 3.58. The van der Waals surface area contributed by atoms with Crippen LogP contribution in [0.5, 0.6) is 0 Å². The molecule has 0 spiro atoms. The van der Waals surface area contributed by atoms with Gasteiger partial charge in [-0.05, 0) is 39.0 Å². The van der Waals surface area contributed by atoms with Crippen LogP contribution in [-0.2, 0) is 14.3 Å².